The maximum atomic E-state index is 3.58. The molecule has 1 aromatic carbocycles. The average molecular weight is 232 g/mol. The lowest BCUT2D eigenvalue weighted by Crippen LogP contribution is -2.45. The summed E-state index contributed by atoms with van der Waals surface area (Å²) in [4.78, 5) is 2.46. The van der Waals surface area contributed by atoms with Crippen molar-refractivity contribution in [3.63, 3.8) is 0 Å². The second kappa shape index (κ2) is 4.59. The number of para-hydroxylation sites is 1. The molecule has 1 aliphatic heterocycles. The molecule has 0 saturated carbocycles. The summed E-state index contributed by atoms with van der Waals surface area (Å²) in [6, 6.07) is 7.19. The van der Waals surface area contributed by atoms with Gasteiger partial charge in [0.1, 0.15) is 0 Å². The molecule has 1 aliphatic rings. The average Bonchev–Trinajstić information content (AvgIpc) is 2.28. The van der Waals surface area contributed by atoms with E-state index in [-0.39, 0.29) is 0 Å². The van der Waals surface area contributed by atoms with Gasteiger partial charge >= 0.3 is 0 Å². The third-order valence-electron chi connectivity index (χ3n) is 3.81. The number of benzene rings is 1. The van der Waals surface area contributed by atoms with Crippen LogP contribution in [0.1, 0.15) is 39.2 Å². The Morgan fingerprint density at radius 1 is 1.24 bits per heavy atom. The smallest absolute Gasteiger partial charge is 0.0637 e. The Kier molecular flexibility index (Phi) is 3.32. The van der Waals surface area contributed by atoms with Gasteiger partial charge in [-0.3, -0.25) is 0 Å². The minimum atomic E-state index is 0.570. The van der Waals surface area contributed by atoms with Crippen molar-refractivity contribution in [1.82, 2.24) is 0 Å². The van der Waals surface area contributed by atoms with E-state index in [0.717, 1.165) is 6.54 Å². The van der Waals surface area contributed by atoms with Gasteiger partial charge in [-0.1, -0.05) is 39.8 Å². The summed E-state index contributed by atoms with van der Waals surface area (Å²) in [7, 11) is 2.23. The van der Waals surface area contributed by atoms with Crippen molar-refractivity contribution in [2.75, 3.05) is 23.8 Å². The zero-order valence-electron chi connectivity index (χ0n) is 11.6. The lowest BCUT2D eigenvalue weighted by molar-refractivity contribution is 0.481. The number of fused-ring (bicyclic) bond motifs is 1. The number of hydrogen-bond donors (Lipinski definition) is 1. The van der Waals surface area contributed by atoms with Crippen LogP contribution in [0.4, 0.5) is 11.4 Å². The van der Waals surface area contributed by atoms with Crippen LogP contribution in [0, 0.1) is 5.92 Å². The van der Waals surface area contributed by atoms with E-state index < -0.39 is 0 Å². The van der Waals surface area contributed by atoms with Gasteiger partial charge in [0.05, 0.1) is 11.4 Å². The summed E-state index contributed by atoms with van der Waals surface area (Å²) < 4.78 is 0. The summed E-state index contributed by atoms with van der Waals surface area (Å²) in [5.41, 5.74) is 4.13. The molecule has 0 spiro atoms. The highest BCUT2D eigenvalue weighted by atomic mass is 15.2. The third-order valence-corrected chi connectivity index (χ3v) is 3.81. The van der Waals surface area contributed by atoms with Gasteiger partial charge in [-0.25, -0.2) is 0 Å². The number of anilines is 2. The summed E-state index contributed by atoms with van der Waals surface area (Å²) in [5, 5.41) is 3.58. The van der Waals surface area contributed by atoms with E-state index in [1.807, 2.05) is 0 Å². The molecule has 1 unspecified atom stereocenters. The van der Waals surface area contributed by atoms with Crippen LogP contribution in [-0.2, 0) is 0 Å². The first-order chi connectivity index (χ1) is 8.02. The molecule has 1 aromatic rings. The van der Waals surface area contributed by atoms with Gasteiger partial charge < -0.3 is 10.2 Å². The Morgan fingerprint density at radius 3 is 2.53 bits per heavy atom. The van der Waals surface area contributed by atoms with Gasteiger partial charge in [0.2, 0.25) is 0 Å². The van der Waals surface area contributed by atoms with E-state index in [9.17, 15) is 0 Å². The van der Waals surface area contributed by atoms with E-state index in [1.165, 1.54) is 16.9 Å². The van der Waals surface area contributed by atoms with Gasteiger partial charge in [0.15, 0.2) is 0 Å². The Balaban J connectivity index is 2.45. The highest BCUT2D eigenvalue weighted by molar-refractivity contribution is 5.76. The molecule has 0 aromatic heterocycles. The van der Waals surface area contributed by atoms with Crippen LogP contribution in [0.3, 0.4) is 0 Å². The molecule has 17 heavy (non-hydrogen) atoms. The van der Waals surface area contributed by atoms with Crippen LogP contribution in [0.15, 0.2) is 18.2 Å². The van der Waals surface area contributed by atoms with Crippen LogP contribution >= 0.6 is 0 Å². The Hall–Kier alpha value is -1.18. The largest absolute Gasteiger partial charge is 0.381 e. The molecular formula is C15H24N2. The summed E-state index contributed by atoms with van der Waals surface area (Å²) in [6.07, 6.45) is 0. The molecular weight excluding hydrogens is 208 g/mol. The zero-order chi connectivity index (χ0) is 12.6. The predicted molar refractivity (Wildman–Crippen MR) is 76.0 cm³/mol. The van der Waals surface area contributed by atoms with Crippen LogP contribution in [0.2, 0.25) is 0 Å². The van der Waals surface area contributed by atoms with Crippen molar-refractivity contribution in [3.05, 3.63) is 23.8 Å². The van der Waals surface area contributed by atoms with E-state index in [2.05, 4.69) is 63.2 Å². The zero-order valence-corrected chi connectivity index (χ0v) is 11.6. The molecule has 0 amide bonds. The molecule has 0 fully saturated rings. The molecule has 94 valence electrons. The van der Waals surface area contributed by atoms with Crippen molar-refractivity contribution in [1.29, 1.82) is 0 Å². The van der Waals surface area contributed by atoms with E-state index in [4.69, 9.17) is 0 Å². The monoisotopic (exact) mass is 232 g/mol. The Morgan fingerprint density at radius 2 is 1.94 bits per heavy atom. The second-order valence-electron chi connectivity index (χ2n) is 5.70. The minimum absolute atomic E-state index is 0.570. The lowest BCUT2D eigenvalue weighted by atomic mass is 9.93. The van der Waals surface area contributed by atoms with Crippen LogP contribution < -0.4 is 10.2 Å². The molecule has 0 aliphatic carbocycles. The van der Waals surface area contributed by atoms with Crippen molar-refractivity contribution >= 4 is 11.4 Å². The number of rotatable bonds is 2. The van der Waals surface area contributed by atoms with Gasteiger partial charge in [0, 0.05) is 19.6 Å². The third kappa shape index (κ3) is 2.13. The molecule has 0 radical (unpaired) electrons. The number of nitrogens with one attached hydrogen (secondary N) is 1. The van der Waals surface area contributed by atoms with Crippen LogP contribution in [0.5, 0.6) is 0 Å². The van der Waals surface area contributed by atoms with Gasteiger partial charge in [0.25, 0.3) is 0 Å². The molecule has 2 nitrogen and oxygen atoms in total. The summed E-state index contributed by atoms with van der Waals surface area (Å²) >= 11 is 0. The van der Waals surface area contributed by atoms with Crippen molar-refractivity contribution in [2.24, 2.45) is 5.92 Å². The SMILES string of the molecule is CC(C)c1cccc2c1N(C)C(C(C)C)CN2. The van der Waals surface area contributed by atoms with Crippen LogP contribution in [-0.4, -0.2) is 19.6 Å². The number of nitrogens with zero attached hydrogens (tertiary/aromatic N) is 1. The van der Waals surface area contributed by atoms with E-state index in [1.54, 1.807) is 0 Å². The molecule has 0 saturated heterocycles. The predicted octanol–water partition coefficient (Wildman–Crippen LogP) is 3.70. The highest BCUT2D eigenvalue weighted by Gasteiger charge is 2.27. The van der Waals surface area contributed by atoms with Gasteiger partial charge in [-0.2, -0.15) is 0 Å². The fourth-order valence-electron chi connectivity index (χ4n) is 2.76. The Labute approximate surface area is 105 Å². The highest BCUT2D eigenvalue weighted by Crippen LogP contribution is 2.38. The maximum Gasteiger partial charge on any atom is 0.0637 e. The van der Waals surface area contributed by atoms with Gasteiger partial charge in [-0.15, -0.1) is 0 Å². The number of hydrogen-bond acceptors (Lipinski definition) is 2. The molecule has 2 rings (SSSR count). The Bertz CT molecular complexity index is 396. The molecule has 0 bridgehead atoms. The van der Waals surface area contributed by atoms with Crippen molar-refractivity contribution in [3.8, 4) is 0 Å². The standard InChI is InChI=1S/C15H24N2/c1-10(2)12-7-6-8-13-15(12)17(5)14(9-16-13)11(3)4/h6-8,10-11,14,16H,9H2,1-5H3. The number of likely N-dealkylation sites (N-methyl/N-ethyl adjacent to an activating group) is 1. The van der Waals surface area contributed by atoms with E-state index in [0.29, 0.717) is 17.9 Å². The fourth-order valence-corrected chi connectivity index (χ4v) is 2.76. The quantitative estimate of drug-likeness (QED) is 0.836. The minimum Gasteiger partial charge on any atom is -0.381 e. The summed E-state index contributed by atoms with van der Waals surface area (Å²) in [5.74, 6) is 1.24. The first-order valence-corrected chi connectivity index (χ1v) is 6.62. The van der Waals surface area contributed by atoms with Crippen molar-refractivity contribution < 1.29 is 0 Å². The maximum absolute atomic E-state index is 3.58. The second-order valence-corrected chi connectivity index (χ2v) is 5.70. The van der Waals surface area contributed by atoms with Gasteiger partial charge in [-0.05, 0) is 23.5 Å². The normalized spacial score (nSPS) is 19.5. The fraction of sp³-hybridized carbons (Fsp3) is 0.600. The van der Waals surface area contributed by atoms with E-state index >= 15 is 0 Å². The molecule has 1 atom stereocenters. The first-order valence-electron chi connectivity index (χ1n) is 6.62. The first kappa shape index (κ1) is 12.3. The molecule has 1 N–H and O–H groups in total. The lowest BCUT2D eigenvalue weighted by Gasteiger charge is -2.40. The van der Waals surface area contributed by atoms with Crippen LogP contribution in [0.25, 0.3) is 0 Å². The topological polar surface area (TPSA) is 15.3 Å². The molecule has 1 heterocycles. The molecule has 2 heteroatoms. The summed E-state index contributed by atoms with van der Waals surface area (Å²) in [6.45, 7) is 10.2. The van der Waals surface area contributed by atoms with Crippen molar-refractivity contribution in [2.45, 2.75) is 39.7 Å².